The van der Waals surface area contributed by atoms with Crippen molar-refractivity contribution in [3.8, 4) is 11.3 Å². The fourth-order valence-corrected chi connectivity index (χ4v) is 4.54. The number of hydrogen-bond donors (Lipinski definition) is 0. The number of aromatic nitrogens is 4. The molecule has 1 aromatic carbocycles. The first-order chi connectivity index (χ1) is 17.3. The van der Waals surface area contributed by atoms with Gasteiger partial charge in [-0.05, 0) is 30.3 Å². The number of amides is 1. The molecule has 0 spiro atoms. The molecule has 0 radical (unpaired) electrons. The molecular weight excluding hydrogens is 440 g/mol. The number of benzene rings is 1. The lowest BCUT2D eigenvalue weighted by atomic mass is 10.1. The van der Waals surface area contributed by atoms with Gasteiger partial charge in [0.25, 0.3) is 5.91 Å². The Bertz CT molecular complexity index is 1440. The molecule has 1 saturated heterocycles. The summed E-state index contributed by atoms with van der Waals surface area (Å²) in [6.07, 6.45) is 6.98. The van der Waals surface area contributed by atoms with Gasteiger partial charge in [0, 0.05) is 49.8 Å². The third-order valence-corrected chi connectivity index (χ3v) is 6.39. The number of carbonyl (C=O) groups excluding carboxylic acids is 1. The Morgan fingerprint density at radius 2 is 1.74 bits per heavy atom. The summed E-state index contributed by atoms with van der Waals surface area (Å²) in [4.78, 5) is 27.0. The molecule has 8 heteroatoms. The molecule has 0 atom stereocenters. The molecule has 1 aliphatic heterocycles. The second-order valence-corrected chi connectivity index (χ2v) is 8.52. The maximum Gasteiger partial charge on any atom is 0.254 e. The van der Waals surface area contributed by atoms with Crippen LogP contribution < -0.4 is 4.90 Å². The minimum absolute atomic E-state index is 0.00140. The van der Waals surface area contributed by atoms with E-state index in [-0.39, 0.29) is 5.91 Å². The summed E-state index contributed by atoms with van der Waals surface area (Å²) in [7, 11) is 0. The standard InChI is InChI=1S/C27H24N6O2/c34-27(32-14-12-31(13-15-32)21-8-10-28-11-9-21)23-17-25(20-5-2-1-3-6-20)30-26-24(23)18-29-33(26)19-22-7-4-16-35-22/h1-11,16-18H,12-15,19H2. The minimum Gasteiger partial charge on any atom is -0.467 e. The predicted octanol–water partition coefficient (Wildman–Crippen LogP) is 4.10. The molecule has 1 fully saturated rings. The van der Waals surface area contributed by atoms with Crippen LogP contribution in [-0.4, -0.2) is 56.7 Å². The van der Waals surface area contributed by atoms with Gasteiger partial charge in [0.1, 0.15) is 12.3 Å². The number of anilines is 1. The summed E-state index contributed by atoms with van der Waals surface area (Å²) in [5, 5.41) is 5.30. The molecule has 0 saturated carbocycles. The monoisotopic (exact) mass is 464 g/mol. The summed E-state index contributed by atoms with van der Waals surface area (Å²) in [5.74, 6) is 0.781. The lowest BCUT2D eigenvalue weighted by molar-refractivity contribution is 0.0748. The predicted molar refractivity (Wildman–Crippen MR) is 133 cm³/mol. The molecule has 5 aromatic rings. The average molecular weight is 465 g/mol. The van der Waals surface area contributed by atoms with E-state index in [2.05, 4.69) is 15.0 Å². The van der Waals surface area contributed by atoms with E-state index in [1.54, 1.807) is 29.5 Å². The highest BCUT2D eigenvalue weighted by molar-refractivity contribution is 6.06. The molecule has 0 N–H and O–H groups in total. The van der Waals surface area contributed by atoms with Crippen molar-refractivity contribution in [1.82, 2.24) is 24.6 Å². The summed E-state index contributed by atoms with van der Waals surface area (Å²) in [6, 6.07) is 19.6. The molecule has 6 rings (SSSR count). The van der Waals surface area contributed by atoms with Crippen molar-refractivity contribution in [2.75, 3.05) is 31.1 Å². The molecule has 174 valence electrons. The number of rotatable bonds is 5. The lowest BCUT2D eigenvalue weighted by Gasteiger charge is -2.36. The van der Waals surface area contributed by atoms with Crippen LogP contribution in [0.15, 0.2) is 89.9 Å². The van der Waals surface area contributed by atoms with Crippen molar-refractivity contribution in [3.05, 3.63) is 96.8 Å². The Balaban J connectivity index is 1.34. The molecule has 35 heavy (non-hydrogen) atoms. The number of hydrogen-bond acceptors (Lipinski definition) is 6. The van der Waals surface area contributed by atoms with Crippen molar-refractivity contribution in [3.63, 3.8) is 0 Å². The SMILES string of the molecule is O=C(c1cc(-c2ccccc2)nc2c1cnn2Cc1ccco1)N1CCN(c2ccncc2)CC1. The molecular formula is C27H24N6O2. The number of carbonyl (C=O) groups is 1. The largest absolute Gasteiger partial charge is 0.467 e. The average Bonchev–Trinajstić information content (AvgIpc) is 3.59. The van der Waals surface area contributed by atoms with Gasteiger partial charge in [-0.3, -0.25) is 9.78 Å². The van der Waals surface area contributed by atoms with Crippen molar-refractivity contribution in [1.29, 1.82) is 0 Å². The van der Waals surface area contributed by atoms with Crippen LogP contribution in [0.1, 0.15) is 16.1 Å². The van der Waals surface area contributed by atoms with Gasteiger partial charge in [0.2, 0.25) is 0 Å². The Kier molecular flexibility index (Phi) is 5.46. The van der Waals surface area contributed by atoms with Crippen LogP contribution in [0.5, 0.6) is 0 Å². The van der Waals surface area contributed by atoms with Gasteiger partial charge in [-0.25, -0.2) is 9.67 Å². The second kappa shape index (κ2) is 9.06. The molecule has 5 heterocycles. The quantitative estimate of drug-likeness (QED) is 0.390. The van der Waals surface area contributed by atoms with Gasteiger partial charge < -0.3 is 14.2 Å². The number of furan rings is 1. The van der Waals surface area contributed by atoms with E-state index in [0.717, 1.165) is 41.2 Å². The fraction of sp³-hybridized carbons (Fsp3) is 0.185. The van der Waals surface area contributed by atoms with Crippen molar-refractivity contribution >= 4 is 22.6 Å². The molecule has 0 aliphatic carbocycles. The topological polar surface area (TPSA) is 80.3 Å². The van der Waals surface area contributed by atoms with E-state index in [9.17, 15) is 4.79 Å². The zero-order valence-electron chi connectivity index (χ0n) is 19.1. The Labute approximate surface area is 202 Å². The minimum atomic E-state index is 0.00140. The molecule has 1 aliphatic rings. The Morgan fingerprint density at radius 1 is 0.943 bits per heavy atom. The van der Waals surface area contributed by atoms with Crippen LogP contribution in [0.2, 0.25) is 0 Å². The van der Waals surface area contributed by atoms with E-state index < -0.39 is 0 Å². The van der Waals surface area contributed by atoms with Gasteiger partial charge in [-0.15, -0.1) is 0 Å². The first-order valence-electron chi connectivity index (χ1n) is 11.6. The smallest absolute Gasteiger partial charge is 0.254 e. The van der Waals surface area contributed by atoms with Crippen LogP contribution in [0, 0.1) is 0 Å². The van der Waals surface area contributed by atoms with Crippen LogP contribution in [0.3, 0.4) is 0 Å². The van der Waals surface area contributed by atoms with E-state index in [0.29, 0.717) is 30.8 Å². The van der Waals surface area contributed by atoms with Crippen LogP contribution in [0.25, 0.3) is 22.3 Å². The van der Waals surface area contributed by atoms with Crippen molar-refractivity contribution in [2.45, 2.75) is 6.54 Å². The van der Waals surface area contributed by atoms with Crippen LogP contribution in [-0.2, 0) is 6.54 Å². The highest BCUT2D eigenvalue weighted by atomic mass is 16.3. The fourth-order valence-electron chi connectivity index (χ4n) is 4.54. The first kappa shape index (κ1) is 21.1. The van der Waals surface area contributed by atoms with E-state index in [1.165, 1.54) is 0 Å². The van der Waals surface area contributed by atoms with Crippen LogP contribution in [0.4, 0.5) is 5.69 Å². The second-order valence-electron chi connectivity index (χ2n) is 8.52. The van der Waals surface area contributed by atoms with Crippen molar-refractivity contribution in [2.24, 2.45) is 0 Å². The van der Waals surface area contributed by atoms with E-state index in [1.807, 2.05) is 65.6 Å². The molecule has 1 amide bonds. The summed E-state index contributed by atoms with van der Waals surface area (Å²) >= 11 is 0. The number of fused-ring (bicyclic) bond motifs is 1. The summed E-state index contributed by atoms with van der Waals surface area (Å²) < 4.78 is 7.31. The number of nitrogens with zero attached hydrogens (tertiary/aromatic N) is 6. The third kappa shape index (κ3) is 4.14. The number of piperazine rings is 1. The van der Waals surface area contributed by atoms with Gasteiger partial charge in [0.15, 0.2) is 5.65 Å². The van der Waals surface area contributed by atoms with Gasteiger partial charge in [-0.2, -0.15) is 5.10 Å². The Morgan fingerprint density at radius 3 is 2.49 bits per heavy atom. The van der Waals surface area contributed by atoms with Gasteiger partial charge in [0.05, 0.1) is 29.1 Å². The normalized spacial score (nSPS) is 13.9. The molecule has 8 nitrogen and oxygen atoms in total. The summed E-state index contributed by atoms with van der Waals surface area (Å²) in [5.41, 5.74) is 4.12. The van der Waals surface area contributed by atoms with Crippen LogP contribution >= 0.6 is 0 Å². The zero-order valence-corrected chi connectivity index (χ0v) is 19.1. The molecule has 0 unspecified atom stereocenters. The van der Waals surface area contributed by atoms with Gasteiger partial charge >= 0.3 is 0 Å². The highest BCUT2D eigenvalue weighted by Gasteiger charge is 2.26. The first-order valence-corrected chi connectivity index (χ1v) is 11.6. The molecule has 4 aromatic heterocycles. The highest BCUT2D eigenvalue weighted by Crippen LogP contribution is 2.27. The number of pyridine rings is 2. The maximum atomic E-state index is 13.8. The molecule has 0 bridgehead atoms. The van der Waals surface area contributed by atoms with Crippen molar-refractivity contribution < 1.29 is 9.21 Å². The van der Waals surface area contributed by atoms with E-state index >= 15 is 0 Å². The lowest BCUT2D eigenvalue weighted by Crippen LogP contribution is -2.48. The summed E-state index contributed by atoms with van der Waals surface area (Å²) in [6.45, 7) is 3.28. The third-order valence-electron chi connectivity index (χ3n) is 6.39. The maximum absolute atomic E-state index is 13.8. The zero-order chi connectivity index (χ0) is 23.6. The van der Waals surface area contributed by atoms with Gasteiger partial charge in [-0.1, -0.05) is 30.3 Å². The Hall–Kier alpha value is -4.46. The van der Waals surface area contributed by atoms with E-state index in [4.69, 9.17) is 9.40 Å².